The van der Waals surface area contributed by atoms with E-state index in [2.05, 4.69) is 10.3 Å². The minimum atomic E-state index is -0.338. The van der Waals surface area contributed by atoms with Crippen LogP contribution in [0.15, 0.2) is 36.5 Å². The van der Waals surface area contributed by atoms with Gasteiger partial charge in [0, 0.05) is 24.6 Å². The van der Waals surface area contributed by atoms with Gasteiger partial charge in [-0.3, -0.25) is 9.59 Å². The number of anilines is 1. The molecule has 1 aromatic carbocycles. The van der Waals surface area contributed by atoms with Crippen LogP contribution < -0.4 is 5.32 Å². The van der Waals surface area contributed by atoms with Crippen molar-refractivity contribution in [1.29, 1.82) is 0 Å². The van der Waals surface area contributed by atoms with Crippen LogP contribution in [0.5, 0.6) is 5.75 Å². The zero-order valence-electron chi connectivity index (χ0n) is 13.4. The summed E-state index contributed by atoms with van der Waals surface area (Å²) in [6.07, 6.45) is 6.16. The summed E-state index contributed by atoms with van der Waals surface area (Å²) in [6.45, 7) is 0. The highest BCUT2D eigenvalue weighted by Gasteiger charge is 2.14. The zero-order valence-corrected chi connectivity index (χ0v) is 13.4. The molecule has 1 heterocycles. The minimum absolute atomic E-state index is 0.0382. The standard InChI is InChI=1S/C19H20N2O3/c22-16(15-8-7-13-4-1-2-5-14(13)12-15)9-10-18(24)21-19-17(23)6-3-11-20-19/h3,6-8,11-12,23H,1-2,4-5,9-10H2,(H,20,21,24). The lowest BCUT2D eigenvalue weighted by Crippen LogP contribution is -2.14. The average molecular weight is 324 g/mol. The van der Waals surface area contributed by atoms with E-state index < -0.39 is 0 Å². The van der Waals surface area contributed by atoms with Gasteiger partial charge in [-0.15, -0.1) is 0 Å². The first-order chi connectivity index (χ1) is 11.6. The Labute approximate surface area is 140 Å². The van der Waals surface area contributed by atoms with Crippen LogP contribution in [-0.2, 0) is 17.6 Å². The third-order valence-corrected chi connectivity index (χ3v) is 4.29. The molecule has 0 atom stereocenters. The van der Waals surface area contributed by atoms with Crippen LogP contribution in [0.4, 0.5) is 5.82 Å². The van der Waals surface area contributed by atoms with E-state index >= 15 is 0 Å². The van der Waals surface area contributed by atoms with Crippen LogP contribution in [0, 0.1) is 0 Å². The second-order valence-corrected chi connectivity index (χ2v) is 6.03. The SMILES string of the molecule is O=C(CCC(=O)c1ccc2c(c1)CCCC2)Nc1ncccc1O. The Morgan fingerprint density at radius 3 is 2.67 bits per heavy atom. The Balaban J connectivity index is 1.57. The van der Waals surface area contributed by atoms with Crippen LogP contribution in [0.25, 0.3) is 0 Å². The van der Waals surface area contributed by atoms with Crippen molar-refractivity contribution in [2.24, 2.45) is 0 Å². The topological polar surface area (TPSA) is 79.3 Å². The Morgan fingerprint density at radius 1 is 1.08 bits per heavy atom. The number of benzene rings is 1. The maximum atomic E-state index is 12.3. The third kappa shape index (κ3) is 3.79. The molecule has 1 aliphatic rings. The third-order valence-electron chi connectivity index (χ3n) is 4.29. The molecular formula is C19H20N2O3. The number of aryl methyl sites for hydroxylation is 2. The van der Waals surface area contributed by atoms with Crippen molar-refractivity contribution in [3.63, 3.8) is 0 Å². The number of aromatic hydroxyl groups is 1. The maximum absolute atomic E-state index is 12.3. The van der Waals surface area contributed by atoms with Crippen LogP contribution in [0.1, 0.15) is 47.2 Å². The predicted molar refractivity (Wildman–Crippen MR) is 91.2 cm³/mol. The van der Waals surface area contributed by atoms with E-state index in [1.165, 1.54) is 36.2 Å². The normalized spacial score (nSPS) is 13.2. The van der Waals surface area contributed by atoms with Crippen LogP contribution in [0.3, 0.4) is 0 Å². The van der Waals surface area contributed by atoms with Crippen LogP contribution in [-0.4, -0.2) is 21.8 Å². The van der Waals surface area contributed by atoms with Gasteiger partial charge in [-0.1, -0.05) is 12.1 Å². The monoisotopic (exact) mass is 324 g/mol. The van der Waals surface area contributed by atoms with Crippen molar-refractivity contribution in [1.82, 2.24) is 4.98 Å². The number of nitrogens with one attached hydrogen (secondary N) is 1. The van der Waals surface area contributed by atoms with E-state index in [1.807, 2.05) is 18.2 Å². The van der Waals surface area contributed by atoms with Crippen LogP contribution in [0.2, 0.25) is 0 Å². The highest BCUT2D eigenvalue weighted by Crippen LogP contribution is 2.23. The van der Waals surface area contributed by atoms with Gasteiger partial charge in [-0.05, 0) is 55.0 Å². The quantitative estimate of drug-likeness (QED) is 0.827. The molecule has 1 aliphatic carbocycles. The molecule has 1 aromatic heterocycles. The summed E-state index contributed by atoms with van der Waals surface area (Å²) in [6, 6.07) is 8.88. The largest absolute Gasteiger partial charge is 0.504 e. The number of carbonyl (C=O) groups is 2. The van der Waals surface area contributed by atoms with Crippen LogP contribution >= 0.6 is 0 Å². The lowest BCUT2D eigenvalue weighted by molar-refractivity contribution is -0.116. The van der Waals surface area contributed by atoms with Crippen molar-refractivity contribution < 1.29 is 14.7 Å². The lowest BCUT2D eigenvalue weighted by Gasteiger charge is -2.16. The Morgan fingerprint density at radius 2 is 1.88 bits per heavy atom. The second-order valence-electron chi connectivity index (χ2n) is 6.03. The van der Waals surface area contributed by atoms with Crippen molar-refractivity contribution in [2.75, 3.05) is 5.32 Å². The molecule has 0 saturated heterocycles. The molecule has 3 rings (SSSR count). The molecule has 5 heteroatoms. The molecule has 2 N–H and O–H groups in total. The molecule has 5 nitrogen and oxygen atoms in total. The molecule has 2 aromatic rings. The zero-order chi connectivity index (χ0) is 16.9. The van der Waals surface area contributed by atoms with E-state index in [0.717, 1.165) is 12.8 Å². The van der Waals surface area contributed by atoms with Crippen molar-refractivity contribution in [3.8, 4) is 5.75 Å². The van der Waals surface area contributed by atoms with Crippen molar-refractivity contribution in [3.05, 3.63) is 53.2 Å². The summed E-state index contributed by atoms with van der Waals surface area (Å²) in [7, 11) is 0. The summed E-state index contributed by atoms with van der Waals surface area (Å²) >= 11 is 0. The van der Waals surface area contributed by atoms with E-state index in [9.17, 15) is 14.7 Å². The fourth-order valence-electron chi connectivity index (χ4n) is 2.97. The molecule has 0 aliphatic heterocycles. The lowest BCUT2D eigenvalue weighted by atomic mass is 9.89. The molecule has 0 spiro atoms. The average Bonchev–Trinajstić information content (AvgIpc) is 2.61. The highest BCUT2D eigenvalue weighted by atomic mass is 16.3. The molecule has 0 bridgehead atoms. The first kappa shape index (κ1) is 16.2. The van der Waals surface area contributed by atoms with E-state index in [0.29, 0.717) is 5.56 Å². The Kier molecular flexibility index (Phi) is 4.89. The van der Waals surface area contributed by atoms with E-state index in [-0.39, 0.29) is 36.1 Å². The van der Waals surface area contributed by atoms with Gasteiger partial charge in [0.25, 0.3) is 0 Å². The number of nitrogens with zero attached hydrogens (tertiary/aromatic N) is 1. The molecule has 0 fully saturated rings. The van der Waals surface area contributed by atoms with Crippen molar-refractivity contribution >= 4 is 17.5 Å². The number of amides is 1. The highest BCUT2D eigenvalue weighted by molar-refractivity contribution is 6.00. The summed E-state index contributed by atoms with van der Waals surface area (Å²) in [5, 5.41) is 12.1. The van der Waals surface area contributed by atoms with Gasteiger partial charge in [0.2, 0.25) is 5.91 Å². The van der Waals surface area contributed by atoms with Gasteiger partial charge in [0.1, 0.15) is 0 Å². The number of hydrogen-bond donors (Lipinski definition) is 2. The minimum Gasteiger partial charge on any atom is -0.504 e. The summed E-state index contributed by atoms with van der Waals surface area (Å²) < 4.78 is 0. The number of hydrogen-bond acceptors (Lipinski definition) is 4. The van der Waals surface area contributed by atoms with E-state index in [1.54, 1.807) is 6.07 Å². The molecule has 124 valence electrons. The second kappa shape index (κ2) is 7.25. The maximum Gasteiger partial charge on any atom is 0.226 e. The first-order valence-corrected chi connectivity index (χ1v) is 8.22. The fraction of sp³-hybridized carbons (Fsp3) is 0.316. The van der Waals surface area contributed by atoms with Gasteiger partial charge in [-0.2, -0.15) is 0 Å². The van der Waals surface area contributed by atoms with Gasteiger partial charge in [0.15, 0.2) is 17.4 Å². The Hall–Kier alpha value is -2.69. The number of carbonyl (C=O) groups excluding carboxylic acids is 2. The fourth-order valence-corrected chi connectivity index (χ4v) is 2.97. The molecule has 0 saturated carbocycles. The smallest absolute Gasteiger partial charge is 0.226 e. The van der Waals surface area contributed by atoms with Gasteiger partial charge < -0.3 is 10.4 Å². The molecular weight excluding hydrogens is 304 g/mol. The summed E-state index contributed by atoms with van der Waals surface area (Å²) in [4.78, 5) is 28.1. The molecule has 0 unspecified atom stereocenters. The number of rotatable bonds is 5. The Bertz CT molecular complexity index is 771. The van der Waals surface area contributed by atoms with Gasteiger partial charge >= 0.3 is 0 Å². The molecule has 0 radical (unpaired) electrons. The van der Waals surface area contributed by atoms with Gasteiger partial charge in [-0.25, -0.2) is 4.98 Å². The predicted octanol–water partition coefficient (Wildman–Crippen LogP) is 3.27. The number of ketones is 1. The number of pyridine rings is 1. The van der Waals surface area contributed by atoms with Gasteiger partial charge in [0.05, 0.1) is 0 Å². The summed E-state index contributed by atoms with van der Waals surface area (Å²) in [5.41, 5.74) is 3.26. The summed E-state index contributed by atoms with van der Waals surface area (Å²) in [5.74, 6) is -0.352. The number of Topliss-reactive ketones (excluding diaryl/α,β-unsaturated/α-hetero) is 1. The van der Waals surface area contributed by atoms with Crippen molar-refractivity contribution in [2.45, 2.75) is 38.5 Å². The number of fused-ring (bicyclic) bond motifs is 1. The first-order valence-electron chi connectivity index (χ1n) is 8.22. The molecule has 24 heavy (non-hydrogen) atoms. The number of aromatic nitrogens is 1. The molecule has 1 amide bonds. The van der Waals surface area contributed by atoms with E-state index in [4.69, 9.17) is 0 Å².